The minimum atomic E-state index is -0.118. The molecule has 0 saturated carbocycles. The predicted octanol–water partition coefficient (Wildman–Crippen LogP) is 4.40. The van der Waals surface area contributed by atoms with E-state index in [-0.39, 0.29) is 5.91 Å². The van der Waals surface area contributed by atoms with Crippen LogP contribution in [0.4, 0.5) is 5.69 Å². The van der Waals surface area contributed by atoms with Gasteiger partial charge >= 0.3 is 0 Å². The van der Waals surface area contributed by atoms with E-state index in [1.165, 1.54) is 11.1 Å². The van der Waals surface area contributed by atoms with Gasteiger partial charge in [-0.25, -0.2) is 0 Å². The number of hydrogen-bond donors (Lipinski definition) is 1. The Hall–Kier alpha value is -2.43. The Kier molecular flexibility index (Phi) is 6.65. The molecule has 28 heavy (non-hydrogen) atoms. The number of rotatable bonds is 6. The summed E-state index contributed by atoms with van der Waals surface area (Å²) >= 11 is 0. The van der Waals surface area contributed by atoms with Gasteiger partial charge < -0.3 is 14.5 Å². The number of amides is 1. The van der Waals surface area contributed by atoms with E-state index in [1.54, 1.807) is 6.08 Å². The highest BCUT2D eigenvalue weighted by atomic mass is 16.5. The second-order valence-electron chi connectivity index (χ2n) is 8.21. The number of anilines is 1. The summed E-state index contributed by atoms with van der Waals surface area (Å²) in [6.07, 6.45) is 5.65. The smallest absolute Gasteiger partial charge is 0.248 e. The number of hydrogen-bond acceptors (Lipinski definition) is 2. The summed E-state index contributed by atoms with van der Waals surface area (Å²) in [5.74, 6) is -0.118. The van der Waals surface area contributed by atoms with Crippen LogP contribution in [-0.2, 0) is 16.1 Å². The van der Waals surface area contributed by atoms with Crippen molar-refractivity contribution in [1.82, 2.24) is 0 Å². The molecule has 3 rings (SSSR count). The molecule has 1 amide bonds. The lowest BCUT2D eigenvalue weighted by Crippen LogP contribution is -2.50. The SMILES string of the molecule is Cc1cccc(/C=C/C(=O)Nc2ccc(C[N+](C)(C)C3CCOCC3)cc2)c1. The third-order valence-corrected chi connectivity index (χ3v) is 5.46. The standard InChI is InChI=1S/C24H30N2O2/c1-19-5-4-6-20(17-19)9-12-24(27)25-22-10-7-21(8-11-22)18-26(2,3)23-13-15-28-16-14-23/h4-12,17,23H,13-16,18H2,1-3H3/p+1/b12-9+. The van der Waals surface area contributed by atoms with Crippen LogP contribution < -0.4 is 5.32 Å². The number of aryl methyl sites for hydroxylation is 1. The fourth-order valence-corrected chi connectivity index (χ4v) is 3.81. The Morgan fingerprint density at radius 3 is 2.54 bits per heavy atom. The van der Waals surface area contributed by atoms with Gasteiger partial charge in [0, 0.05) is 30.2 Å². The maximum atomic E-state index is 12.2. The third-order valence-electron chi connectivity index (χ3n) is 5.46. The lowest BCUT2D eigenvalue weighted by Gasteiger charge is -2.40. The number of nitrogens with one attached hydrogen (secondary N) is 1. The van der Waals surface area contributed by atoms with Crippen LogP contribution in [0.5, 0.6) is 0 Å². The molecule has 4 heteroatoms. The van der Waals surface area contributed by atoms with Crippen molar-refractivity contribution < 1.29 is 14.0 Å². The maximum absolute atomic E-state index is 12.2. The van der Waals surface area contributed by atoms with Gasteiger partial charge in [-0.05, 0) is 30.7 Å². The van der Waals surface area contributed by atoms with Gasteiger partial charge in [0.1, 0.15) is 6.54 Å². The van der Waals surface area contributed by atoms with Crippen molar-refractivity contribution in [2.45, 2.75) is 32.4 Å². The number of carbonyl (C=O) groups excluding carboxylic acids is 1. The van der Waals surface area contributed by atoms with Crippen molar-refractivity contribution in [3.8, 4) is 0 Å². The second kappa shape index (κ2) is 9.18. The highest BCUT2D eigenvalue weighted by Gasteiger charge is 2.30. The molecule has 4 nitrogen and oxygen atoms in total. The zero-order valence-corrected chi connectivity index (χ0v) is 17.2. The molecule has 0 aromatic heterocycles. The lowest BCUT2D eigenvalue weighted by molar-refractivity contribution is -0.929. The quantitative estimate of drug-likeness (QED) is 0.597. The molecule has 2 aromatic carbocycles. The van der Waals surface area contributed by atoms with E-state index in [1.807, 2.05) is 43.3 Å². The van der Waals surface area contributed by atoms with Crippen molar-refractivity contribution in [3.05, 3.63) is 71.3 Å². The van der Waals surface area contributed by atoms with Gasteiger partial charge in [0.05, 0.1) is 33.4 Å². The number of nitrogens with zero attached hydrogens (tertiary/aromatic N) is 1. The molecular weight excluding hydrogens is 348 g/mol. The van der Waals surface area contributed by atoms with E-state index in [0.717, 1.165) is 48.3 Å². The average molecular weight is 380 g/mol. The van der Waals surface area contributed by atoms with E-state index in [4.69, 9.17) is 4.74 Å². The van der Waals surface area contributed by atoms with Gasteiger partial charge in [-0.2, -0.15) is 0 Å². The maximum Gasteiger partial charge on any atom is 0.248 e. The van der Waals surface area contributed by atoms with Crippen LogP contribution >= 0.6 is 0 Å². The molecule has 1 fully saturated rings. The van der Waals surface area contributed by atoms with Gasteiger partial charge in [0.25, 0.3) is 0 Å². The zero-order valence-electron chi connectivity index (χ0n) is 17.2. The minimum Gasteiger partial charge on any atom is -0.381 e. The van der Waals surface area contributed by atoms with E-state index in [2.05, 4.69) is 37.6 Å². The summed E-state index contributed by atoms with van der Waals surface area (Å²) in [5, 5.41) is 2.93. The fourth-order valence-electron chi connectivity index (χ4n) is 3.81. The van der Waals surface area contributed by atoms with Crippen molar-refractivity contribution in [2.75, 3.05) is 32.6 Å². The third kappa shape index (κ3) is 5.78. The normalized spacial score (nSPS) is 15.7. The molecule has 148 valence electrons. The molecule has 1 saturated heterocycles. The first kappa shape index (κ1) is 20.3. The van der Waals surface area contributed by atoms with Crippen molar-refractivity contribution in [3.63, 3.8) is 0 Å². The highest BCUT2D eigenvalue weighted by Crippen LogP contribution is 2.22. The summed E-state index contributed by atoms with van der Waals surface area (Å²) in [6.45, 7) is 4.76. The van der Waals surface area contributed by atoms with Crippen LogP contribution in [-0.4, -0.2) is 43.7 Å². The number of quaternary nitrogens is 1. The van der Waals surface area contributed by atoms with Gasteiger partial charge in [0.2, 0.25) is 5.91 Å². The first-order valence-corrected chi connectivity index (χ1v) is 9.97. The molecule has 1 aliphatic heterocycles. The Labute approximate surface area is 168 Å². The number of ether oxygens (including phenoxy) is 1. The largest absolute Gasteiger partial charge is 0.381 e. The summed E-state index contributed by atoms with van der Waals surface area (Å²) in [7, 11) is 4.59. The van der Waals surface area contributed by atoms with Crippen molar-refractivity contribution in [1.29, 1.82) is 0 Å². The Bertz CT molecular complexity index is 819. The average Bonchev–Trinajstić information content (AvgIpc) is 2.68. The predicted molar refractivity (Wildman–Crippen MR) is 115 cm³/mol. The fraction of sp³-hybridized carbons (Fsp3) is 0.375. The molecule has 1 heterocycles. The molecule has 0 spiro atoms. The summed E-state index contributed by atoms with van der Waals surface area (Å²) in [5.41, 5.74) is 4.31. The van der Waals surface area contributed by atoms with E-state index < -0.39 is 0 Å². The molecule has 0 atom stereocenters. The summed E-state index contributed by atoms with van der Waals surface area (Å²) < 4.78 is 6.46. The van der Waals surface area contributed by atoms with Crippen LogP contribution in [0.25, 0.3) is 6.08 Å². The molecule has 0 bridgehead atoms. The number of carbonyl (C=O) groups is 1. The van der Waals surface area contributed by atoms with Crippen molar-refractivity contribution in [2.24, 2.45) is 0 Å². The van der Waals surface area contributed by atoms with Crippen LogP contribution in [0.15, 0.2) is 54.6 Å². The molecule has 0 radical (unpaired) electrons. The first-order valence-electron chi connectivity index (χ1n) is 9.97. The van der Waals surface area contributed by atoms with Gasteiger partial charge in [-0.3, -0.25) is 4.79 Å². The van der Waals surface area contributed by atoms with E-state index in [9.17, 15) is 4.79 Å². The minimum absolute atomic E-state index is 0.118. The number of benzene rings is 2. The van der Waals surface area contributed by atoms with Gasteiger partial charge in [0.15, 0.2) is 0 Å². The van der Waals surface area contributed by atoms with Crippen molar-refractivity contribution >= 4 is 17.7 Å². The molecule has 1 N–H and O–H groups in total. The molecule has 2 aromatic rings. The summed E-state index contributed by atoms with van der Waals surface area (Å²) in [6, 6.07) is 16.9. The van der Waals surface area contributed by atoms with E-state index in [0.29, 0.717) is 6.04 Å². The second-order valence-corrected chi connectivity index (χ2v) is 8.21. The van der Waals surface area contributed by atoms with Crippen LogP contribution in [0.1, 0.15) is 29.5 Å². The zero-order chi connectivity index (χ0) is 20.0. The van der Waals surface area contributed by atoms with Crippen LogP contribution in [0.2, 0.25) is 0 Å². The topological polar surface area (TPSA) is 38.3 Å². The van der Waals surface area contributed by atoms with Crippen LogP contribution in [0, 0.1) is 6.92 Å². The van der Waals surface area contributed by atoms with Gasteiger partial charge in [-0.1, -0.05) is 42.0 Å². The Morgan fingerprint density at radius 2 is 1.86 bits per heavy atom. The highest BCUT2D eigenvalue weighted by molar-refractivity contribution is 6.01. The Morgan fingerprint density at radius 1 is 1.14 bits per heavy atom. The van der Waals surface area contributed by atoms with Crippen LogP contribution in [0.3, 0.4) is 0 Å². The molecule has 1 aliphatic rings. The first-order chi connectivity index (χ1) is 13.4. The summed E-state index contributed by atoms with van der Waals surface area (Å²) in [4.78, 5) is 12.2. The molecule has 0 unspecified atom stereocenters. The lowest BCUT2D eigenvalue weighted by atomic mass is 10.0. The monoisotopic (exact) mass is 379 g/mol. The molecule has 0 aliphatic carbocycles. The van der Waals surface area contributed by atoms with E-state index >= 15 is 0 Å². The Balaban J connectivity index is 1.55. The van der Waals surface area contributed by atoms with Gasteiger partial charge in [-0.15, -0.1) is 0 Å². The molecular formula is C24H31N2O2+.